The van der Waals surface area contributed by atoms with E-state index in [0.29, 0.717) is 17.4 Å². The average Bonchev–Trinajstić information content (AvgIpc) is 3.01. The van der Waals surface area contributed by atoms with E-state index in [9.17, 15) is 0 Å². The van der Waals surface area contributed by atoms with Crippen molar-refractivity contribution in [2.24, 2.45) is 0 Å². The summed E-state index contributed by atoms with van der Waals surface area (Å²) in [6.07, 6.45) is 7.81. The van der Waals surface area contributed by atoms with Crippen LogP contribution in [-0.2, 0) is 0 Å². The number of nitrogens with zero attached hydrogens (tertiary/aromatic N) is 4. The second-order valence-corrected chi connectivity index (χ2v) is 3.03. The van der Waals surface area contributed by atoms with E-state index >= 15 is 0 Å². The quantitative estimate of drug-likeness (QED) is 0.647. The van der Waals surface area contributed by atoms with E-state index in [0.717, 1.165) is 5.56 Å². The van der Waals surface area contributed by atoms with Crippen LogP contribution in [0.15, 0.2) is 46.1 Å². The molecule has 0 unspecified atom stereocenters. The molecule has 0 N–H and O–H groups in total. The third-order valence-electron chi connectivity index (χ3n) is 1.99. The van der Waals surface area contributed by atoms with E-state index < -0.39 is 0 Å². The van der Waals surface area contributed by atoms with Gasteiger partial charge in [0.1, 0.15) is 12.0 Å². The molecule has 0 aliphatic carbocycles. The van der Waals surface area contributed by atoms with Crippen LogP contribution in [0, 0.1) is 0 Å². The van der Waals surface area contributed by atoms with Crippen LogP contribution in [0.2, 0.25) is 0 Å². The van der Waals surface area contributed by atoms with Crippen molar-refractivity contribution in [1.29, 1.82) is 0 Å². The van der Waals surface area contributed by atoms with Crippen molar-refractivity contribution in [1.82, 2.24) is 20.1 Å². The molecule has 0 radical (unpaired) electrons. The Balaban J connectivity index is 2.00. The molecule has 0 atom stereocenters. The Kier molecular flexibility index (Phi) is 1.96. The topological polar surface area (TPSA) is 77.8 Å². The van der Waals surface area contributed by atoms with E-state index in [2.05, 4.69) is 20.1 Å². The Bertz CT molecular complexity index is 574. The van der Waals surface area contributed by atoms with Gasteiger partial charge in [0.15, 0.2) is 0 Å². The molecule has 0 saturated carbocycles. The highest BCUT2D eigenvalue weighted by Crippen LogP contribution is 2.20. The molecule has 16 heavy (non-hydrogen) atoms. The first kappa shape index (κ1) is 8.78. The van der Waals surface area contributed by atoms with Crippen LogP contribution in [0.3, 0.4) is 0 Å². The van der Waals surface area contributed by atoms with Crippen molar-refractivity contribution in [3.63, 3.8) is 0 Å². The van der Waals surface area contributed by atoms with Crippen molar-refractivity contribution < 1.29 is 8.94 Å². The maximum atomic E-state index is 5.07. The van der Waals surface area contributed by atoms with Gasteiger partial charge in [0.05, 0.1) is 18.0 Å². The van der Waals surface area contributed by atoms with E-state index in [-0.39, 0.29) is 0 Å². The molecule has 6 nitrogen and oxygen atoms in total. The van der Waals surface area contributed by atoms with Gasteiger partial charge in [0, 0.05) is 12.4 Å². The van der Waals surface area contributed by atoms with Crippen LogP contribution < -0.4 is 0 Å². The smallest absolute Gasteiger partial charge is 0.261 e. The summed E-state index contributed by atoms with van der Waals surface area (Å²) in [7, 11) is 0. The minimum absolute atomic E-state index is 0.398. The van der Waals surface area contributed by atoms with Gasteiger partial charge in [0.2, 0.25) is 5.82 Å². The zero-order valence-electron chi connectivity index (χ0n) is 8.07. The summed E-state index contributed by atoms with van der Waals surface area (Å²) in [5, 5.41) is 3.81. The fraction of sp³-hybridized carbons (Fsp3) is 0. The number of rotatable bonds is 2. The molecule has 0 fully saturated rings. The second kappa shape index (κ2) is 3.58. The van der Waals surface area contributed by atoms with Crippen LogP contribution in [0.1, 0.15) is 0 Å². The lowest BCUT2D eigenvalue weighted by Gasteiger charge is -1.88. The summed E-state index contributed by atoms with van der Waals surface area (Å²) in [6.45, 7) is 0. The van der Waals surface area contributed by atoms with Crippen LogP contribution >= 0.6 is 0 Å². The first-order valence-corrected chi connectivity index (χ1v) is 4.56. The third kappa shape index (κ3) is 1.46. The predicted octanol–water partition coefficient (Wildman–Crippen LogP) is 1.79. The van der Waals surface area contributed by atoms with Gasteiger partial charge in [-0.25, -0.2) is 4.98 Å². The Morgan fingerprint density at radius 2 is 2.19 bits per heavy atom. The van der Waals surface area contributed by atoms with Gasteiger partial charge in [-0.2, -0.15) is 4.98 Å². The lowest BCUT2D eigenvalue weighted by atomic mass is 10.3. The molecule has 0 spiro atoms. The second-order valence-electron chi connectivity index (χ2n) is 3.03. The molecule has 0 bridgehead atoms. The normalized spacial score (nSPS) is 10.5. The molecule has 0 aliphatic heterocycles. The molecule has 3 rings (SSSR count). The third-order valence-corrected chi connectivity index (χ3v) is 1.99. The van der Waals surface area contributed by atoms with Gasteiger partial charge in [-0.05, 0) is 6.07 Å². The number of hydrogen-bond donors (Lipinski definition) is 0. The minimum Gasteiger partial charge on any atom is -0.472 e. The zero-order valence-corrected chi connectivity index (χ0v) is 8.07. The molecule has 0 aliphatic rings. The maximum absolute atomic E-state index is 5.07. The first-order chi connectivity index (χ1) is 7.93. The molecule has 3 heterocycles. The molecular formula is C10H6N4O2. The highest BCUT2D eigenvalue weighted by molar-refractivity contribution is 5.55. The van der Waals surface area contributed by atoms with Crippen molar-refractivity contribution >= 4 is 0 Å². The SMILES string of the molecule is c1cnc(-c2noc(-c3ccoc3)n2)cn1. The zero-order chi connectivity index (χ0) is 10.8. The van der Waals surface area contributed by atoms with Gasteiger partial charge in [-0.1, -0.05) is 5.16 Å². The van der Waals surface area contributed by atoms with Crippen molar-refractivity contribution in [2.75, 3.05) is 0 Å². The van der Waals surface area contributed by atoms with Crippen LogP contribution in [0.5, 0.6) is 0 Å². The summed E-state index contributed by atoms with van der Waals surface area (Å²) in [5.74, 6) is 0.804. The van der Waals surface area contributed by atoms with E-state index in [1.807, 2.05) is 0 Å². The van der Waals surface area contributed by atoms with Crippen molar-refractivity contribution in [2.45, 2.75) is 0 Å². The van der Waals surface area contributed by atoms with Crippen molar-refractivity contribution in [3.05, 3.63) is 37.2 Å². The van der Waals surface area contributed by atoms with Gasteiger partial charge < -0.3 is 8.94 Å². The van der Waals surface area contributed by atoms with E-state index in [4.69, 9.17) is 8.94 Å². The Morgan fingerprint density at radius 1 is 1.19 bits per heavy atom. The molecular weight excluding hydrogens is 208 g/mol. The van der Waals surface area contributed by atoms with Gasteiger partial charge in [0.25, 0.3) is 5.89 Å². The van der Waals surface area contributed by atoms with Crippen LogP contribution in [-0.4, -0.2) is 20.1 Å². The molecule has 3 aromatic heterocycles. The molecule has 78 valence electrons. The lowest BCUT2D eigenvalue weighted by Crippen LogP contribution is -1.85. The maximum Gasteiger partial charge on any atom is 0.261 e. The largest absolute Gasteiger partial charge is 0.472 e. The van der Waals surface area contributed by atoms with Gasteiger partial charge >= 0.3 is 0 Å². The van der Waals surface area contributed by atoms with Gasteiger partial charge in [-0.3, -0.25) is 4.98 Å². The fourth-order valence-corrected chi connectivity index (χ4v) is 1.25. The lowest BCUT2D eigenvalue weighted by molar-refractivity contribution is 0.431. The molecule has 6 heteroatoms. The molecule has 0 amide bonds. The standard InChI is InChI=1S/C10H6N4O2/c1-4-15-6-7(1)10-13-9(14-16-10)8-5-11-2-3-12-8/h1-6H. The first-order valence-electron chi connectivity index (χ1n) is 4.56. The van der Waals surface area contributed by atoms with Crippen molar-refractivity contribution in [3.8, 4) is 23.0 Å². The fourth-order valence-electron chi connectivity index (χ4n) is 1.25. The average molecular weight is 214 g/mol. The summed E-state index contributed by atoms with van der Waals surface area (Å²) < 4.78 is 10.0. The Morgan fingerprint density at radius 3 is 2.94 bits per heavy atom. The van der Waals surface area contributed by atoms with Gasteiger partial charge in [-0.15, -0.1) is 0 Å². The number of furan rings is 1. The molecule has 0 saturated heterocycles. The number of hydrogen-bond acceptors (Lipinski definition) is 6. The Hall–Kier alpha value is -2.50. The molecule has 0 aromatic carbocycles. The summed E-state index contributed by atoms with van der Waals surface area (Å²) in [6, 6.07) is 1.74. The summed E-state index contributed by atoms with van der Waals surface area (Å²) in [4.78, 5) is 12.2. The highest BCUT2D eigenvalue weighted by atomic mass is 16.5. The Labute approximate surface area is 90.0 Å². The minimum atomic E-state index is 0.398. The summed E-state index contributed by atoms with van der Waals surface area (Å²) >= 11 is 0. The van der Waals surface area contributed by atoms with E-state index in [1.165, 1.54) is 6.26 Å². The van der Waals surface area contributed by atoms with Crippen LogP contribution in [0.25, 0.3) is 23.0 Å². The summed E-state index contributed by atoms with van der Waals surface area (Å²) in [5.41, 5.74) is 1.31. The van der Waals surface area contributed by atoms with E-state index in [1.54, 1.807) is 30.9 Å². The highest BCUT2D eigenvalue weighted by Gasteiger charge is 2.11. The predicted molar refractivity (Wildman–Crippen MR) is 53.0 cm³/mol. The monoisotopic (exact) mass is 214 g/mol. The number of aromatic nitrogens is 4. The molecule has 3 aromatic rings. The van der Waals surface area contributed by atoms with Crippen LogP contribution in [0.4, 0.5) is 0 Å².